The fraction of sp³-hybridized carbons (Fsp3) is 0.455. The van der Waals surface area contributed by atoms with Crippen molar-refractivity contribution in [3.63, 3.8) is 0 Å². The Kier molecular flexibility index (Phi) is 2.23. The van der Waals surface area contributed by atoms with E-state index in [1.54, 1.807) is 6.07 Å². The fourth-order valence-electron chi connectivity index (χ4n) is 2.13. The van der Waals surface area contributed by atoms with Gasteiger partial charge in [-0.1, -0.05) is 6.07 Å². The Bertz CT molecular complexity index is 309. The van der Waals surface area contributed by atoms with Gasteiger partial charge in [-0.25, -0.2) is 0 Å². The lowest BCUT2D eigenvalue weighted by Gasteiger charge is -2.05. The molecule has 0 amide bonds. The molecule has 0 saturated carbocycles. The fourth-order valence-corrected chi connectivity index (χ4v) is 2.13. The van der Waals surface area contributed by atoms with E-state index in [1.807, 2.05) is 19.2 Å². The minimum atomic E-state index is 0.392. The topological polar surface area (TPSA) is 32.3 Å². The highest BCUT2D eigenvalue weighted by Crippen LogP contribution is 2.28. The van der Waals surface area contributed by atoms with Crippen LogP contribution in [0.4, 0.5) is 0 Å². The van der Waals surface area contributed by atoms with E-state index in [0.717, 1.165) is 19.4 Å². The van der Waals surface area contributed by atoms with Gasteiger partial charge in [0, 0.05) is 0 Å². The summed E-state index contributed by atoms with van der Waals surface area (Å²) in [4.78, 5) is 0. The van der Waals surface area contributed by atoms with Crippen molar-refractivity contribution in [3.05, 3.63) is 29.3 Å². The van der Waals surface area contributed by atoms with Gasteiger partial charge in [-0.3, -0.25) is 0 Å². The predicted octanol–water partition coefficient (Wildman–Crippen LogP) is 1.33. The molecule has 0 radical (unpaired) electrons. The quantitative estimate of drug-likeness (QED) is 0.714. The number of hydrogen-bond acceptors (Lipinski definition) is 2. The molecule has 1 unspecified atom stereocenters. The average molecular weight is 177 g/mol. The van der Waals surface area contributed by atoms with Crippen LogP contribution in [0.5, 0.6) is 5.75 Å². The molecule has 1 aromatic rings. The van der Waals surface area contributed by atoms with Crippen LogP contribution in [0, 0.1) is 5.92 Å². The Morgan fingerprint density at radius 3 is 2.92 bits per heavy atom. The Balaban J connectivity index is 2.16. The third-order valence-electron chi connectivity index (χ3n) is 2.70. The van der Waals surface area contributed by atoms with E-state index in [-0.39, 0.29) is 0 Å². The Labute approximate surface area is 78.6 Å². The average Bonchev–Trinajstić information content (AvgIpc) is 2.46. The normalized spacial score (nSPS) is 20.2. The van der Waals surface area contributed by atoms with Crippen molar-refractivity contribution < 1.29 is 5.11 Å². The number of phenols is 1. The first kappa shape index (κ1) is 8.57. The maximum absolute atomic E-state index is 9.30. The summed E-state index contributed by atoms with van der Waals surface area (Å²) in [5.41, 5.74) is 2.72. The van der Waals surface area contributed by atoms with Gasteiger partial charge in [-0.2, -0.15) is 0 Å². The summed E-state index contributed by atoms with van der Waals surface area (Å²) in [5.74, 6) is 1.10. The molecule has 0 aromatic heterocycles. The molecule has 1 aliphatic rings. The minimum Gasteiger partial charge on any atom is -0.508 e. The van der Waals surface area contributed by atoms with Crippen LogP contribution >= 0.6 is 0 Å². The number of nitrogens with one attached hydrogen (secondary N) is 1. The summed E-state index contributed by atoms with van der Waals surface area (Å²) >= 11 is 0. The molecule has 13 heavy (non-hydrogen) atoms. The second-order valence-corrected chi connectivity index (χ2v) is 3.78. The van der Waals surface area contributed by atoms with E-state index in [2.05, 4.69) is 5.32 Å². The number of fused-ring (bicyclic) bond motifs is 1. The van der Waals surface area contributed by atoms with Crippen molar-refractivity contribution in [1.82, 2.24) is 5.32 Å². The number of aromatic hydroxyl groups is 1. The molecular weight excluding hydrogens is 162 g/mol. The van der Waals surface area contributed by atoms with E-state index < -0.39 is 0 Å². The van der Waals surface area contributed by atoms with Gasteiger partial charge >= 0.3 is 0 Å². The molecule has 2 nitrogen and oxygen atoms in total. The third kappa shape index (κ3) is 1.68. The zero-order valence-electron chi connectivity index (χ0n) is 7.88. The Morgan fingerprint density at radius 2 is 2.15 bits per heavy atom. The van der Waals surface area contributed by atoms with Gasteiger partial charge in [0.1, 0.15) is 5.75 Å². The number of rotatable bonds is 2. The van der Waals surface area contributed by atoms with Gasteiger partial charge in [0.2, 0.25) is 0 Å². The number of phenolic OH excluding ortho intramolecular Hbond substituents is 1. The molecule has 2 N–H and O–H groups in total. The summed E-state index contributed by atoms with van der Waals surface area (Å²) in [6, 6.07) is 5.71. The van der Waals surface area contributed by atoms with Crippen molar-refractivity contribution in [3.8, 4) is 5.75 Å². The molecule has 1 atom stereocenters. The minimum absolute atomic E-state index is 0.392. The first-order chi connectivity index (χ1) is 6.29. The monoisotopic (exact) mass is 177 g/mol. The zero-order valence-corrected chi connectivity index (χ0v) is 7.88. The molecule has 2 heteroatoms. The van der Waals surface area contributed by atoms with E-state index in [0.29, 0.717) is 11.7 Å². The standard InChI is InChI=1S/C11H15NO/c1-12-7-8-4-9-2-3-11(13)6-10(9)5-8/h2-3,6,8,12-13H,4-5,7H2,1H3. The van der Waals surface area contributed by atoms with Crippen LogP contribution in [0.15, 0.2) is 18.2 Å². The molecule has 0 fully saturated rings. The summed E-state index contributed by atoms with van der Waals surface area (Å²) in [6.45, 7) is 1.06. The van der Waals surface area contributed by atoms with Crippen LogP contribution in [0.25, 0.3) is 0 Å². The molecule has 0 bridgehead atoms. The molecule has 0 saturated heterocycles. The Morgan fingerprint density at radius 1 is 1.38 bits per heavy atom. The largest absolute Gasteiger partial charge is 0.508 e. The Hall–Kier alpha value is -1.02. The van der Waals surface area contributed by atoms with Crippen LogP contribution in [0.1, 0.15) is 11.1 Å². The van der Waals surface area contributed by atoms with Gasteiger partial charge in [-0.15, -0.1) is 0 Å². The van der Waals surface area contributed by atoms with Gasteiger partial charge in [-0.05, 0) is 55.6 Å². The summed E-state index contributed by atoms with van der Waals surface area (Å²) < 4.78 is 0. The SMILES string of the molecule is CNCC1Cc2ccc(O)cc2C1. The summed E-state index contributed by atoms with van der Waals surface area (Å²) in [7, 11) is 1.99. The molecule has 0 heterocycles. The smallest absolute Gasteiger partial charge is 0.115 e. The molecular formula is C11H15NO. The highest BCUT2D eigenvalue weighted by Gasteiger charge is 2.20. The maximum Gasteiger partial charge on any atom is 0.115 e. The number of hydrogen-bond donors (Lipinski definition) is 2. The van der Waals surface area contributed by atoms with Crippen LogP contribution in [0.2, 0.25) is 0 Å². The number of benzene rings is 1. The van der Waals surface area contributed by atoms with Crippen LogP contribution in [-0.2, 0) is 12.8 Å². The zero-order chi connectivity index (χ0) is 9.26. The summed E-state index contributed by atoms with van der Waals surface area (Å²) in [5, 5.41) is 12.5. The second-order valence-electron chi connectivity index (χ2n) is 3.78. The van der Waals surface area contributed by atoms with Crippen molar-refractivity contribution >= 4 is 0 Å². The molecule has 2 rings (SSSR count). The van der Waals surface area contributed by atoms with Gasteiger partial charge in [0.05, 0.1) is 0 Å². The predicted molar refractivity (Wildman–Crippen MR) is 52.9 cm³/mol. The van der Waals surface area contributed by atoms with Crippen molar-refractivity contribution in [1.29, 1.82) is 0 Å². The first-order valence-electron chi connectivity index (χ1n) is 4.75. The van der Waals surface area contributed by atoms with E-state index in [1.165, 1.54) is 11.1 Å². The van der Waals surface area contributed by atoms with Gasteiger partial charge in [0.25, 0.3) is 0 Å². The van der Waals surface area contributed by atoms with Crippen molar-refractivity contribution in [2.75, 3.05) is 13.6 Å². The van der Waals surface area contributed by atoms with Crippen molar-refractivity contribution in [2.24, 2.45) is 5.92 Å². The molecule has 70 valence electrons. The lowest BCUT2D eigenvalue weighted by Crippen LogP contribution is -2.18. The highest BCUT2D eigenvalue weighted by atomic mass is 16.3. The third-order valence-corrected chi connectivity index (χ3v) is 2.70. The first-order valence-corrected chi connectivity index (χ1v) is 4.75. The molecule has 0 spiro atoms. The van der Waals surface area contributed by atoms with E-state index in [4.69, 9.17) is 0 Å². The second kappa shape index (κ2) is 3.38. The van der Waals surface area contributed by atoms with Crippen LogP contribution < -0.4 is 5.32 Å². The highest BCUT2D eigenvalue weighted by molar-refractivity contribution is 5.38. The lowest BCUT2D eigenvalue weighted by molar-refractivity contribution is 0.474. The molecule has 1 aliphatic carbocycles. The van der Waals surface area contributed by atoms with Crippen LogP contribution in [-0.4, -0.2) is 18.7 Å². The van der Waals surface area contributed by atoms with E-state index in [9.17, 15) is 5.11 Å². The lowest BCUT2D eigenvalue weighted by atomic mass is 10.1. The van der Waals surface area contributed by atoms with Crippen molar-refractivity contribution in [2.45, 2.75) is 12.8 Å². The maximum atomic E-state index is 9.30. The summed E-state index contributed by atoms with van der Waals surface area (Å²) in [6.07, 6.45) is 2.25. The van der Waals surface area contributed by atoms with E-state index >= 15 is 0 Å². The molecule has 0 aliphatic heterocycles. The molecule has 1 aromatic carbocycles. The van der Waals surface area contributed by atoms with Crippen LogP contribution in [0.3, 0.4) is 0 Å². The van der Waals surface area contributed by atoms with Gasteiger partial charge in [0.15, 0.2) is 0 Å². The van der Waals surface area contributed by atoms with Gasteiger partial charge < -0.3 is 10.4 Å².